The largest absolute Gasteiger partial charge is 0.413 e. The van der Waals surface area contributed by atoms with E-state index in [0.717, 1.165) is 21.5 Å². The lowest BCUT2D eigenvalue weighted by Gasteiger charge is -2.24. The molecule has 2 N–H and O–H groups in total. The number of alkyl halides is 3. The summed E-state index contributed by atoms with van der Waals surface area (Å²) in [5.74, 6) is 0. The Morgan fingerprint density at radius 1 is 1.09 bits per heavy atom. The van der Waals surface area contributed by atoms with Crippen molar-refractivity contribution in [1.29, 1.82) is 10.5 Å². The number of benzene rings is 2. The summed E-state index contributed by atoms with van der Waals surface area (Å²) in [7, 11) is 0. The summed E-state index contributed by atoms with van der Waals surface area (Å²) in [5.41, 5.74) is 2.55. The molecule has 234 valence electrons. The number of rotatable bonds is 8. The predicted molar refractivity (Wildman–Crippen MR) is 166 cm³/mol. The van der Waals surface area contributed by atoms with Gasteiger partial charge in [-0.1, -0.05) is 38.1 Å². The van der Waals surface area contributed by atoms with Gasteiger partial charge in [0.25, 0.3) is 0 Å². The Morgan fingerprint density at radius 3 is 2.48 bits per heavy atom. The van der Waals surface area contributed by atoms with Crippen LogP contribution in [0.3, 0.4) is 0 Å². The minimum atomic E-state index is -4.47. The van der Waals surface area contributed by atoms with Crippen LogP contribution in [0.2, 0.25) is 0 Å². The van der Waals surface area contributed by atoms with Crippen LogP contribution in [0.25, 0.3) is 16.6 Å². The van der Waals surface area contributed by atoms with Crippen LogP contribution in [0.1, 0.15) is 67.6 Å². The molecule has 0 aliphatic heterocycles. The fourth-order valence-corrected chi connectivity index (χ4v) is 5.59. The van der Waals surface area contributed by atoms with E-state index in [0.29, 0.717) is 34.4 Å². The number of nitriles is 2. The van der Waals surface area contributed by atoms with Crippen LogP contribution < -0.4 is 10.6 Å². The molecule has 5 aromatic rings. The average molecular weight is 625 g/mol. The van der Waals surface area contributed by atoms with Crippen LogP contribution in [0.15, 0.2) is 61.4 Å². The van der Waals surface area contributed by atoms with E-state index in [4.69, 9.17) is 0 Å². The Hall–Kier alpha value is -5.43. The molecular formula is C33H31F3N10. The van der Waals surface area contributed by atoms with Gasteiger partial charge in [0.05, 0.1) is 40.9 Å². The second kappa shape index (κ2) is 11.2. The average Bonchev–Trinajstić information content (AvgIpc) is 3.41. The van der Waals surface area contributed by atoms with Crippen molar-refractivity contribution in [3.63, 3.8) is 0 Å². The molecule has 2 aromatic carbocycles. The van der Waals surface area contributed by atoms with E-state index >= 15 is 0 Å². The van der Waals surface area contributed by atoms with Gasteiger partial charge in [0.1, 0.15) is 17.8 Å². The number of nitrogens with zero attached hydrogens (tertiary/aromatic N) is 8. The molecule has 0 radical (unpaired) electrons. The van der Waals surface area contributed by atoms with Crippen molar-refractivity contribution in [2.24, 2.45) is 5.41 Å². The molecule has 6 rings (SSSR count). The molecule has 0 spiro atoms. The second-order valence-electron chi connectivity index (χ2n) is 12.8. The van der Waals surface area contributed by atoms with Gasteiger partial charge in [-0.15, -0.1) is 5.10 Å². The molecule has 0 bridgehead atoms. The lowest BCUT2D eigenvalue weighted by atomic mass is 9.95. The summed E-state index contributed by atoms with van der Waals surface area (Å²) < 4.78 is 44.8. The molecule has 1 aliphatic carbocycles. The van der Waals surface area contributed by atoms with Crippen LogP contribution in [0, 0.1) is 35.0 Å². The van der Waals surface area contributed by atoms with Crippen molar-refractivity contribution in [2.45, 2.75) is 58.3 Å². The smallest absolute Gasteiger partial charge is 0.383 e. The Morgan fingerprint density at radius 2 is 1.85 bits per heavy atom. The number of pyridine rings is 1. The first-order chi connectivity index (χ1) is 21.8. The van der Waals surface area contributed by atoms with Crippen LogP contribution in [0.5, 0.6) is 0 Å². The maximum Gasteiger partial charge on any atom is 0.413 e. The molecular weight excluding hydrogens is 593 g/mol. The lowest BCUT2D eigenvalue weighted by Crippen LogP contribution is -2.35. The fraction of sp³-hybridized carbons (Fsp3) is 0.333. The minimum absolute atomic E-state index is 0.0681. The van der Waals surface area contributed by atoms with E-state index in [1.165, 1.54) is 12.4 Å². The van der Waals surface area contributed by atoms with E-state index in [9.17, 15) is 23.7 Å². The number of hydrogen-bond donors (Lipinski definition) is 2. The normalized spacial score (nSPS) is 14.8. The molecule has 13 heteroatoms. The SMILES string of the molecule is Cc1c(C(Nc2cc(C#N)c3ncc(C#N)c(NCC(C)(C)C)c3c2)c2cn(C3(C(F)(F)F)CC3)nn2)cccc1-n1ccnc1. The van der Waals surface area contributed by atoms with Gasteiger partial charge in [-0.25, -0.2) is 9.67 Å². The maximum atomic E-state index is 14.0. The van der Waals surface area contributed by atoms with E-state index in [2.05, 4.69) is 63.8 Å². The third-order valence-electron chi connectivity index (χ3n) is 8.26. The zero-order valence-electron chi connectivity index (χ0n) is 25.7. The fourth-order valence-electron chi connectivity index (χ4n) is 5.59. The number of fused-ring (bicyclic) bond motifs is 1. The number of hydrogen-bond acceptors (Lipinski definition) is 8. The van der Waals surface area contributed by atoms with Crippen molar-refractivity contribution in [2.75, 3.05) is 17.2 Å². The first-order valence-electron chi connectivity index (χ1n) is 14.7. The topological polar surface area (TPSA) is 133 Å². The highest BCUT2D eigenvalue weighted by molar-refractivity contribution is 5.99. The van der Waals surface area contributed by atoms with Crippen LogP contribution in [-0.4, -0.2) is 42.2 Å². The molecule has 0 saturated heterocycles. The van der Waals surface area contributed by atoms with E-state index in [1.54, 1.807) is 30.9 Å². The number of nitrogens with one attached hydrogen (secondary N) is 2. The first kappa shape index (κ1) is 30.6. The molecule has 0 amide bonds. The van der Waals surface area contributed by atoms with Crippen LogP contribution in [0.4, 0.5) is 24.5 Å². The van der Waals surface area contributed by atoms with Gasteiger partial charge in [-0.05, 0) is 54.5 Å². The monoisotopic (exact) mass is 624 g/mol. The zero-order chi connectivity index (χ0) is 32.9. The Kier molecular flexibility index (Phi) is 7.43. The number of imidazole rings is 1. The summed E-state index contributed by atoms with van der Waals surface area (Å²) in [6.07, 6.45) is 3.32. The quantitative estimate of drug-likeness (QED) is 0.193. The summed E-state index contributed by atoms with van der Waals surface area (Å²) in [4.78, 5) is 8.58. The first-order valence-corrected chi connectivity index (χ1v) is 14.7. The van der Waals surface area contributed by atoms with Crippen molar-refractivity contribution < 1.29 is 13.2 Å². The molecule has 3 aromatic heterocycles. The van der Waals surface area contributed by atoms with E-state index in [-0.39, 0.29) is 29.5 Å². The van der Waals surface area contributed by atoms with E-state index < -0.39 is 17.8 Å². The molecule has 3 heterocycles. The maximum absolute atomic E-state index is 14.0. The van der Waals surface area contributed by atoms with Crippen molar-refractivity contribution in [1.82, 2.24) is 29.5 Å². The third-order valence-corrected chi connectivity index (χ3v) is 8.26. The molecule has 46 heavy (non-hydrogen) atoms. The second-order valence-corrected chi connectivity index (χ2v) is 12.8. The van der Waals surface area contributed by atoms with Gasteiger partial charge in [0.2, 0.25) is 0 Å². The Labute approximate surface area is 263 Å². The van der Waals surface area contributed by atoms with Crippen molar-refractivity contribution >= 4 is 22.3 Å². The predicted octanol–water partition coefficient (Wildman–Crippen LogP) is 6.77. The van der Waals surface area contributed by atoms with E-state index in [1.807, 2.05) is 29.7 Å². The standard InChI is InChI=1S/C33H31F3N10/c1-20-24(6-5-7-27(20)45-11-10-39-19-45)30(26-17-46(44-43-26)32(8-9-32)33(34,35)36)42-23-12-21(14-37)28-25(13-23)29(22(15-38)16-40-28)41-18-31(2,3)4/h5-7,10-13,16-17,19,30,42H,8-9,18H2,1-4H3,(H,40,41). The van der Waals surface area contributed by atoms with Gasteiger partial charge in [-0.3, -0.25) is 4.98 Å². The van der Waals surface area contributed by atoms with Crippen molar-refractivity contribution in [3.05, 3.63) is 89.4 Å². The highest BCUT2D eigenvalue weighted by Gasteiger charge is 2.66. The highest BCUT2D eigenvalue weighted by Crippen LogP contribution is 2.55. The van der Waals surface area contributed by atoms with Gasteiger partial charge < -0.3 is 15.2 Å². The molecule has 1 unspecified atom stereocenters. The summed E-state index contributed by atoms with van der Waals surface area (Å²) >= 11 is 0. The van der Waals surface area contributed by atoms with Gasteiger partial charge >= 0.3 is 6.18 Å². The molecule has 1 saturated carbocycles. The minimum Gasteiger partial charge on any atom is -0.383 e. The summed E-state index contributed by atoms with van der Waals surface area (Å²) in [5, 5.41) is 35.6. The van der Waals surface area contributed by atoms with Crippen LogP contribution in [-0.2, 0) is 5.54 Å². The Balaban J connectivity index is 1.50. The molecule has 10 nitrogen and oxygen atoms in total. The molecule has 1 atom stereocenters. The summed E-state index contributed by atoms with van der Waals surface area (Å²) in [6, 6.07) is 12.7. The zero-order valence-corrected chi connectivity index (χ0v) is 25.7. The number of anilines is 2. The van der Waals surface area contributed by atoms with Gasteiger partial charge in [0, 0.05) is 41.9 Å². The number of halogens is 3. The van der Waals surface area contributed by atoms with Gasteiger partial charge in [0.15, 0.2) is 5.54 Å². The molecule has 1 aliphatic rings. The van der Waals surface area contributed by atoms with Crippen molar-refractivity contribution in [3.8, 4) is 17.8 Å². The molecule has 1 fully saturated rings. The Bertz CT molecular complexity index is 2000. The highest BCUT2D eigenvalue weighted by atomic mass is 19.4. The van der Waals surface area contributed by atoms with Crippen LogP contribution >= 0.6 is 0 Å². The summed E-state index contributed by atoms with van der Waals surface area (Å²) in [6.45, 7) is 8.65. The number of aromatic nitrogens is 6. The van der Waals surface area contributed by atoms with Gasteiger partial charge in [-0.2, -0.15) is 23.7 Å². The lowest BCUT2D eigenvalue weighted by molar-refractivity contribution is -0.182. The third kappa shape index (κ3) is 5.49.